The number of hydrogen-bond acceptors (Lipinski definition) is 1. The molecule has 2 aromatic rings. The smallest absolute Gasteiger partial charge is 0.256 e. The number of hydrogen-bond donors (Lipinski definition) is 1. The zero-order valence-electron chi connectivity index (χ0n) is 10.0. The third-order valence-electron chi connectivity index (χ3n) is 2.62. The Morgan fingerprint density at radius 1 is 1.26 bits per heavy atom. The number of aryl methyl sites for hydroxylation is 1. The molecule has 0 saturated heterocycles. The van der Waals surface area contributed by atoms with Gasteiger partial charge in [0.2, 0.25) is 0 Å². The molecule has 1 N–H and O–H groups in total. The number of benzene rings is 2. The van der Waals surface area contributed by atoms with Gasteiger partial charge in [-0.2, -0.15) is 0 Å². The van der Waals surface area contributed by atoms with E-state index in [-0.39, 0.29) is 5.91 Å². The molecule has 98 valence electrons. The Kier molecular flexibility index (Phi) is 4.42. The minimum absolute atomic E-state index is 0.301. The average molecular weight is 390 g/mol. The predicted octanol–water partition coefficient (Wildman–Crippen LogP) is 4.64. The van der Waals surface area contributed by atoms with Gasteiger partial charge in [0.1, 0.15) is 5.82 Å². The fourth-order valence-electron chi connectivity index (χ4n) is 1.62. The first-order valence-corrected chi connectivity index (χ1v) is 6.95. The summed E-state index contributed by atoms with van der Waals surface area (Å²) in [6.07, 6.45) is 0. The van der Waals surface area contributed by atoms with Gasteiger partial charge < -0.3 is 5.32 Å². The minimum atomic E-state index is -0.440. The minimum Gasteiger partial charge on any atom is -0.321 e. The summed E-state index contributed by atoms with van der Waals surface area (Å²) in [5.41, 5.74) is 1.52. The number of rotatable bonds is 2. The Bertz CT molecular complexity index is 645. The molecule has 0 bridgehead atoms. The first-order valence-electron chi connectivity index (χ1n) is 5.50. The summed E-state index contributed by atoms with van der Waals surface area (Å²) >= 11 is 8.17. The zero-order chi connectivity index (χ0) is 14.0. The fourth-order valence-corrected chi connectivity index (χ4v) is 2.52. The number of carbonyl (C=O) groups is 1. The van der Waals surface area contributed by atoms with Crippen molar-refractivity contribution in [2.75, 3.05) is 5.32 Å². The van der Waals surface area contributed by atoms with E-state index in [1.54, 1.807) is 25.1 Å². The molecule has 19 heavy (non-hydrogen) atoms. The maximum Gasteiger partial charge on any atom is 0.256 e. The van der Waals surface area contributed by atoms with Crippen LogP contribution in [0.4, 0.5) is 10.1 Å². The molecule has 0 unspecified atom stereocenters. The predicted molar refractivity (Wildman–Crippen MR) is 83.3 cm³/mol. The van der Waals surface area contributed by atoms with Crippen LogP contribution in [-0.2, 0) is 0 Å². The highest BCUT2D eigenvalue weighted by Gasteiger charge is 2.12. The van der Waals surface area contributed by atoms with Crippen LogP contribution in [0.1, 0.15) is 15.9 Å². The number of carbonyl (C=O) groups excluding carboxylic acids is 1. The standard InChI is InChI=1S/C14H10ClFINO/c1-8-2-3-9(16)6-11(8)14(19)18-13-5-4-10(17)7-12(13)15/h2-7H,1H3,(H,18,19). The van der Waals surface area contributed by atoms with E-state index in [4.69, 9.17) is 11.6 Å². The lowest BCUT2D eigenvalue weighted by Crippen LogP contribution is -2.14. The highest BCUT2D eigenvalue weighted by atomic mass is 127. The summed E-state index contributed by atoms with van der Waals surface area (Å²) in [5.74, 6) is -0.815. The molecule has 0 radical (unpaired) electrons. The van der Waals surface area contributed by atoms with Crippen LogP contribution >= 0.6 is 34.2 Å². The van der Waals surface area contributed by atoms with Crippen LogP contribution in [0.25, 0.3) is 0 Å². The van der Waals surface area contributed by atoms with Crippen LogP contribution in [-0.4, -0.2) is 5.91 Å². The maximum atomic E-state index is 13.2. The molecule has 0 aromatic heterocycles. The number of nitrogens with one attached hydrogen (secondary N) is 1. The molecule has 0 atom stereocenters. The van der Waals surface area contributed by atoms with Crippen molar-refractivity contribution in [2.24, 2.45) is 0 Å². The quantitative estimate of drug-likeness (QED) is 0.745. The van der Waals surface area contributed by atoms with Gasteiger partial charge in [-0.15, -0.1) is 0 Å². The van der Waals surface area contributed by atoms with Crippen molar-refractivity contribution >= 4 is 45.8 Å². The summed E-state index contributed by atoms with van der Waals surface area (Å²) < 4.78 is 14.1. The van der Waals surface area contributed by atoms with Crippen LogP contribution in [0, 0.1) is 16.3 Å². The second-order valence-corrected chi connectivity index (χ2v) is 5.69. The monoisotopic (exact) mass is 389 g/mol. The molecule has 0 saturated carbocycles. The Labute approximate surface area is 129 Å². The van der Waals surface area contributed by atoms with Gasteiger partial charge >= 0.3 is 0 Å². The highest BCUT2D eigenvalue weighted by Crippen LogP contribution is 2.24. The van der Waals surface area contributed by atoms with Crippen LogP contribution in [0.15, 0.2) is 36.4 Å². The van der Waals surface area contributed by atoms with E-state index < -0.39 is 5.82 Å². The van der Waals surface area contributed by atoms with Gasteiger partial charge in [0, 0.05) is 9.13 Å². The average Bonchev–Trinajstić information content (AvgIpc) is 2.35. The van der Waals surface area contributed by atoms with E-state index in [0.29, 0.717) is 21.8 Å². The Hall–Kier alpha value is -1.14. The Balaban J connectivity index is 2.28. The third-order valence-corrected chi connectivity index (χ3v) is 3.61. The van der Waals surface area contributed by atoms with Crippen LogP contribution in [0.3, 0.4) is 0 Å². The highest BCUT2D eigenvalue weighted by molar-refractivity contribution is 14.1. The topological polar surface area (TPSA) is 29.1 Å². The lowest BCUT2D eigenvalue weighted by Gasteiger charge is -2.09. The van der Waals surface area contributed by atoms with Crippen molar-refractivity contribution in [1.82, 2.24) is 0 Å². The van der Waals surface area contributed by atoms with E-state index in [9.17, 15) is 9.18 Å². The lowest BCUT2D eigenvalue weighted by molar-refractivity contribution is 0.102. The van der Waals surface area contributed by atoms with E-state index in [0.717, 1.165) is 3.57 Å². The van der Waals surface area contributed by atoms with Crippen LogP contribution in [0.2, 0.25) is 5.02 Å². The maximum absolute atomic E-state index is 13.2. The molecule has 2 aromatic carbocycles. The normalized spacial score (nSPS) is 10.3. The second-order valence-electron chi connectivity index (χ2n) is 4.04. The molecule has 2 rings (SSSR count). The molecule has 0 aliphatic heterocycles. The molecule has 0 spiro atoms. The van der Waals surface area contributed by atoms with E-state index in [1.807, 2.05) is 6.07 Å². The summed E-state index contributed by atoms with van der Waals surface area (Å²) in [6, 6.07) is 9.41. The lowest BCUT2D eigenvalue weighted by atomic mass is 10.1. The van der Waals surface area contributed by atoms with Crippen LogP contribution < -0.4 is 5.32 Å². The molecule has 0 heterocycles. The molecule has 0 aliphatic rings. The first-order chi connectivity index (χ1) is 8.97. The molecule has 1 amide bonds. The third kappa shape index (κ3) is 3.45. The zero-order valence-corrected chi connectivity index (χ0v) is 12.9. The molecule has 5 heteroatoms. The van der Waals surface area contributed by atoms with Gasteiger partial charge in [-0.25, -0.2) is 4.39 Å². The van der Waals surface area contributed by atoms with Gasteiger partial charge in [-0.3, -0.25) is 4.79 Å². The summed E-state index contributed by atoms with van der Waals surface area (Å²) in [6.45, 7) is 1.75. The van der Waals surface area contributed by atoms with Crippen molar-refractivity contribution in [1.29, 1.82) is 0 Å². The van der Waals surface area contributed by atoms with Gasteiger partial charge in [-0.1, -0.05) is 17.7 Å². The van der Waals surface area contributed by atoms with Crippen molar-refractivity contribution in [3.8, 4) is 0 Å². The number of amides is 1. The molecule has 0 aliphatic carbocycles. The summed E-state index contributed by atoms with van der Waals surface area (Å²) in [4.78, 5) is 12.1. The largest absolute Gasteiger partial charge is 0.321 e. The van der Waals surface area contributed by atoms with Gasteiger partial charge in [-0.05, 0) is 65.4 Å². The van der Waals surface area contributed by atoms with Crippen molar-refractivity contribution < 1.29 is 9.18 Å². The van der Waals surface area contributed by atoms with E-state index >= 15 is 0 Å². The van der Waals surface area contributed by atoms with Crippen molar-refractivity contribution in [3.63, 3.8) is 0 Å². The van der Waals surface area contributed by atoms with Gasteiger partial charge in [0.25, 0.3) is 5.91 Å². The van der Waals surface area contributed by atoms with E-state index in [1.165, 1.54) is 12.1 Å². The van der Waals surface area contributed by atoms with Gasteiger partial charge in [0.05, 0.1) is 10.7 Å². The number of anilines is 1. The Morgan fingerprint density at radius 3 is 2.68 bits per heavy atom. The summed E-state index contributed by atoms with van der Waals surface area (Å²) in [7, 11) is 0. The van der Waals surface area contributed by atoms with Crippen LogP contribution in [0.5, 0.6) is 0 Å². The second kappa shape index (κ2) is 5.88. The SMILES string of the molecule is Cc1ccc(F)cc1C(=O)Nc1ccc(I)cc1Cl. The van der Waals surface area contributed by atoms with Crippen molar-refractivity contribution in [3.05, 3.63) is 61.9 Å². The first kappa shape index (κ1) is 14.3. The molecular weight excluding hydrogens is 380 g/mol. The molecule has 2 nitrogen and oxygen atoms in total. The molecular formula is C14H10ClFINO. The molecule has 0 fully saturated rings. The Morgan fingerprint density at radius 2 is 2.00 bits per heavy atom. The van der Waals surface area contributed by atoms with Crippen molar-refractivity contribution in [2.45, 2.75) is 6.92 Å². The van der Waals surface area contributed by atoms with E-state index in [2.05, 4.69) is 27.9 Å². The van der Waals surface area contributed by atoms with Gasteiger partial charge in [0.15, 0.2) is 0 Å². The summed E-state index contributed by atoms with van der Waals surface area (Å²) in [5, 5.41) is 3.13. The number of halogens is 3. The fraction of sp³-hybridized carbons (Fsp3) is 0.0714.